The number of halogens is 3. The van der Waals surface area contributed by atoms with E-state index in [0.29, 0.717) is 11.4 Å². The summed E-state index contributed by atoms with van der Waals surface area (Å²) in [5, 5.41) is 6.97. The lowest BCUT2D eigenvalue weighted by molar-refractivity contribution is -0.128. The van der Waals surface area contributed by atoms with E-state index in [1.165, 1.54) is 18.8 Å². The third kappa shape index (κ3) is 5.35. The fraction of sp³-hybridized carbons (Fsp3) is 0.333. The third-order valence-electron chi connectivity index (χ3n) is 5.61. The van der Waals surface area contributed by atoms with Crippen LogP contribution in [-0.4, -0.2) is 46.8 Å². The van der Waals surface area contributed by atoms with Crippen molar-refractivity contribution in [3.8, 4) is 17.1 Å². The Morgan fingerprint density at radius 1 is 1.23 bits per heavy atom. The van der Waals surface area contributed by atoms with Gasteiger partial charge >= 0.3 is 6.18 Å². The number of methoxy groups -OCH3 is 1. The number of ether oxygens (including phenoxy) is 2. The Hall–Kier alpha value is -3.73. The molecular weight excluding hydrogens is 463 g/mol. The third-order valence-corrected chi connectivity index (χ3v) is 5.61. The van der Waals surface area contributed by atoms with Gasteiger partial charge in [-0.25, -0.2) is 9.98 Å². The quantitative estimate of drug-likeness (QED) is 0.553. The molecule has 1 aliphatic rings. The van der Waals surface area contributed by atoms with Gasteiger partial charge in [0, 0.05) is 31.3 Å². The van der Waals surface area contributed by atoms with E-state index < -0.39 is 36.9 Å². The number of carbonyl (C=O) groups is 1. The average molecular weight is 487 g/mol. The van der Waals surface area contributed by atoms with Crippen molar-refractivity contribution in [2.45, 2.75) is 31.8 Å². The highest BCUT2D eigenvalue weighted by molar-refractivity contribution is 5.77. The summed E-state index contributed by atoms with van der Waals surface area (Å²) in [5.74, 6) is -0.0472. The van der Waals surface area contributed by atoms with Crippen molar-refractivity contribution in [2.24, 2.45) is 12.0 Å². The molecule has 1 aliphatic heterocycles. The fourth-order valence-corrected chi connectivity index (χ4v) is 3.86. The zero-order valence-electron chi connectivity index (χ0n) is 19.3. The van der Waals surface area contributed by atoms with Crippen LogP contribution in [0.5, 0.6) is 5.88 Å². The van der Waals surface area contributed by atoms with Crippen LogP contribution in [0.4, 0.5) is 13.2 Å². The van der Waals surface area contributed by atoms with Gasteiger partial charge in [0.05, 0.1) is 23.9 Å². The molecule has 184 valence electrons. The van der Waals surface area contributed by atoms with Crippen LogP contribution < -0.4 is 20.8 Å². The zero-order chi connectivity index (χ0) is 25.2. The molecule has 0 saturated heterocycles. The summed E-state index contributed by atoms with van der Waals surface area (Å²) in [6, 6.07) is 11.7. The molecule has 4 rings (SSSR count). The molecule has 1 amide bonds. The lowest BCUT2D eigenvalue weighted by Gasteiger charge is -2.21. The molecule has 35 heavy (non-hydrogen) atoms. The van der Waals surface area contributed by atoms with Gasteiger partial charge in [-0.2, -0.15) is 18.3 Å². The summed E-state index contributed by atoms with van der Waals surface area (Å²) in [7, 11) is 3.03. The zero-order valence-corrected chi connectivity index (χ0v) is 19.3. The summed E-state index contributed by atoms with van der Waals surface area (Å²) in [4.78, 5) is 20.8. The first-order valence-electron chi connectivity index (χ1n) is 10.8. The van der Waals surface area contributed by atoms with Crippen LogP contribution in [0.2, 0.25) is 0 Å². The summed E-state index contributed by atoms with van der Waals surface area (Å²) in [5.41, 5.74) is 0.782. The molecule has 0 bridgehead atoms. The Morgan fingerprint density at radius 3 is 2.60 bits per heavy atom. The maximum absolute atomic E-state index is 14.0. The Balaban J connectivity index is 1.52. The van der Waals surface area contributed by atoms with E-state index in [9.17, 15) is 18.0 Å². The van der Waals surface area contributed by atoms with Gasteiger partial charge in [-0.1, -0.05) is 36.4 Å². The Kier molecular flexibility index (Phi) is 6.88. The number of carbonyl (C=O) groups excluding carboxylic acids is 1. The Morgan fingerprint density at radius 2 is 1.97 bits per heavy atom. The molecule has 1 N–H and O–H groups in total. The van der Waals surface area contributed by atoms with Gasteiger partial charge in [-0.05, 0) is 12.5 Å². The lowest BCUT2D eigenvalue weighted by Crippen LogP contribution is -2.42. The van der Waals surface area contributed by atoms with Crippen molar-refractivity contribution >= 4 is 11.5 Å². The van der Waals surface area contributed by atoms with Gasteiger partial charge in [-0.3, -0.25) is 9.48 Å². The number of nitrogens with one attached hydrogen (secondary N) is 1. The highest BCUT2D eigenvalue weighted by Gasteiger charge is 2.39. The number of rotatable bonds is 7. The molecule has 0 saturated carbocycles. The van der Waals surface area contributed by atoms with Gasteiger partial charge in [-0.15, -0.1) is 0 Å². The lowest BCUT2D eigenvalue weighted by atomic mass is 10.0. The molecule has 1 aromatic carbocycles. The smallest absolute Gasteiger partial charge is 0.413 e. The number of aryl methyl sites for hydroxylation is 1. The van der Waals surface area contributed by atoms with Crippen molar-refractivity contribution < 1.29 is 27.4 Å². The number of aromatic nitrogens is 3. The average Bonchev–Trinajstić information content (AvgIpc) is 3.18. The first-order valence-corrected chi connectivity index (χ1v) is 10.8. The molecule has 8 nitrogen and oxygen atoms in total. The second kappa shape index (κ2) is 9.87. The first-order chi connectivity index (χ1) is 16.7. The molecule has 11 heteroatoms. The van der Waals surface area contributed by atoms with Crippen molar-refractivity contribution in [1.29, 1.82) is 0 Å². The van der Waals surface area contributed by atoms with Gasteiger partial charge in [0.15, 0.2) is 11.7 Å². The topological polar surface area (TPSA) is 90.6 Å². The second-order valence-corrected chi connectivity index (χ2v) is 8.04. The molecule has 0 fully saturated rings. The predicted octanol–water partition coefficient (Wildman–Crippen LogP) is 2.45. The molecule has 3 heterocycles. The normalized spacial score (nSPS) is 16.3. The molecule has 0 radical (unpaired) electrons. The van der Waals surface area contributed by atoms with E-state index in [-0.39, 0.29) is 22.4 Å². The van der Waals surface area contributed by atoms with Crippen molar-refractivity contribution in [1.82, 2.24) is 20.1 Å². The molecule has 3 aromatic rings. The van der Waals surface area contributed by atoms with Gasteiger partial charge in [0.25, 0.3) is 0 Å². The minimum atomic E-state index is -4.61. The highest BCUT2D eigenvalue weighted by Crippen LogP contribution is 2.32. The number of benzene rings is 1. The van der Waals surface area contributed by atoms with Crippen LogP contribution >= 0.6 is 0 Å². The summed E-state index contributed by atoms with van der Waals surface area (Å²) in [6.07, 6.45) is -4.74. The molecular formula is C24H24F3N5O3. The van der Waals surface area contributed by atoms with Gasteiger partial charge < -0.3 is 14.8 Å². The first kappa shape index (κ1) is 24.4. The van der Waals surface area contributed by atoms with E-state index in [1.54, 1.807) is 55.6 Å². The van der Waals surface area contributed by atoms with Gasteiger partial charge in [0.1, 0.15) is 12.3 Å². The highest BCUT2D eigenvalue weighted by atomic mass is 19.4. The number of nitrogens with zero attached hydrogens (tertiary/aromatic N) is 4. The molecule has 2 aromatic heterocycles. The van der Waals surface area contributed by atoms with Crippen molar-refractivity contribution in [3.63, 3.8) is 0 Å². The minimum Gasteiger partial charge on any atom is -0.481 e. The van der Waals surface area contributed by atoms with Crippen molar-refractivity contribution in [3.05, 3.63) is 64.9 Å². The molecule has 0 aliphatic carbocycles. The van der Waals surface area contributed by atoms with E-state index in [1.807, 2.05) is 0 Å². The van der Waals surface area contributed by atoms with Crippen LogP contribution in [-0.2, 0) is 16.6 Å². The van der Waals surface area contributed by atoms with Crippen LogP contribution in [0.25, 0.3) is 16.8 Å². The summed E-state index contributed by atoms with van der Waals surface area (Å²) in [6.45, 7) is 1.31. The molecule has 2 unspecified atom stereocenters. The maximum Gasteiger partial charge on any atom is 0.413 e. The predicted molar refractivity (Wildman–Crippen MR) is 121 cm³/mol. The molecule has 0 spiro atoms. The molecule has 2 atom stereocenters. The standard InChI is InChI=1S/C24H24F3N5O3/c1-14(16-9-10-19(34-3)28-12-16)29-18(33)13-35-20-11-17(24(25,26)27)21-22(15-7-5-4-6-8-15)31-32(2)23(21)30-20/h4-10,12,14,20H,11,13H2,1-3H3,(H,29,33). The fourth-order valence-electron chi connectivity index (χ4n) is 3.86. The minimum absolute atomic E-state index is 0.0591. The number of fused-ring (bicyclic) bond motifs is 1. The van der Waals surface area contributed by atoms with Crippen molar-refractivity contribution in [2.75, 3.05) is 13.7 Å². The number of hydrogen-bond acceptors (Lipinski definition) is 6. The van der Waals surface area contributed by atoms with Crippen LogP contribution in [0.3, 0.4) is 0 Å². The maximum atomic E-state index is 14.0. The largest absolute Gasteiger partial charge is 0.481 e. The van der Waals surface area contributed by atoms with E-state index in [0.717, 1.165) is 5.56 Å². The number of hydrogen-bond donors (Lipinski definition) is 1. The monoisotopic (exact) mass is 487 g/mol. The Labute approximate surface area is 199 Å². The number of pyridine rings is 1. The van der Waals surface area contributed by atoms with Crippen LogP contribution in [0, 0.1) is 0 Å². The number of amides is 1. The van der Waals surface area contributed by atoms with Crippen LogP contribution in [0.15, 0.2) is 53.7 Å². The van der Waals surface area contributed by atoms with E-state index in [2.05, 4.69) is 20.4 Å². The Bertz CT molecular complexity index is 1320. The van der Waals surface area contributed by atoms with E-state index >= 15 is 0 Å². The van der Waals surface area contributed by atoms with Crippen LogP contribution in [0.1, 0.15) is 24.9 Å². The summed E-state index contributed by atoms with van der Waals surface area (Å²) < 4.78 is 53.9. The second-order valence-electron chi connectivity index (χ2n) is 8.04. The van der Waals surface area contributed by atoms with Gasteiger partial charge in [0.2, 0.25) is 11.8 Å². The number of alkyl halides is 3. The SMILES string of the molecule is COc1ccc(C(C)NC(=O)COC2CC(C(F)(F)F)=c3c(-c4ccccc4)nn(C)c3=N2)cn1. The summed E-state index contributed by atoms with van der Waals surface area (Å²) >= 11 is 0. The van der Waals surface area contributed by atoms with E-state index in [4.69, 9.17) is 9.47 Å².